The van der Waals surface area contributed by atoms with Crippen LogP contribution in [0.15, 0.2) is 41.3 Å². The molecular formula is C30H41ClF2N4O4S. The van der Waals surface area contributed by atoms with E-state index in [4.69, 9.17) is 16.8 Å². The minimum atomic E-state index is -1.82. The van der Waals surface area contributed by atoms with Gasteiger partial charge in [0.25, 0.3) is 0 Å². The van der Waals surface area contributed by atoms with E-state index in [9.17, 15) is 22.6 Å². The quantitative estimate of drug-likeness (QED) is 0.335. The number of benzene rings is 2. The first-order valence-electron chi connectivity index (χ1n) is 14.2. The van der Waals surface area contributed by atoms with E-state index >= 15 is 0 Å². The second-order valence-electron chi connectivity index (χ2n) is 10.9. The van der Waals surface area contributed by atoms with Gasteiger partial charge in [0.05, 0.1) is 4.90 Å². The molecular weight excluding hydrogens is 586 g/mol. The van der Waals surface area contributed by atoms with Crippen molar-refractivity contribution in [3.8, 4) is 0 Å². The molecule has 42 heavy (non-hydrogen) atoms. The van der Waals surface area contributed by atoms with E-state index < -0.39 is 28.2 Å². The zero-order valence-electron chi connectivity index (χ0n) is 24.2. The van der Waals surface area contributed by atoms with Gasteiger partial charge in [0.2, 0.25) is 0 Å². The molecule has 3 aliphatic heterocycles. The molecule has 3 aliphatic rings. The first kappa shape index (κ1) is 34.4. The van der Waals surface area contributed by atoms with Crippen LogP contribution in [0.2, 0.25) is 5.02 Å². The highest BCUT2D eigenvalue weighted by Crippen LogP contribution is 2.40. The number of likely N-dealkylation sites (N-methyl/N-ethyl adjacent to an activating group) is 1. The normalized spacial score (nSPS) is 23.2. The standard InChI is InChI=1S/C21H21ClF2N2O2S.C8H15NO.CH5NO/c1-25-11-16-6-7-21(12-25,13-27)26(16)29(28)17-9-19(23)18(20(24)10-17)8-14-2-4-15(22)5-3-14;10-8-4-7-9-5-2-1-3-6-9;1-2-3/h2-5,9-10,13,16H,6-8,11-12H2,1H3;8H,1-7H2;2-3H,1H3. The molecule has 2 aromatic rings. The maximum Gasteiger partial charge on any atom is 0.142 e. The number of hydrogen-bond donors (Lipinski definition) is 2. The Balaban J connectivity index is 0.000000311. The third-order valence-corrected chi connectivity index (χ3v) is 9.68. The summed E-state index contributed by atoms with van der Waals surface area (Å²) in [6, 6.07) is 8.92. The molecule has 0 aliphatic carbocycles. The monoisotopic (exact) mass is 626 g/mol. The molecule has 0 spiro atoms. The molecule has 2 bridgehead atoms. The average Bonchev–Trinajstić information content (AvgIpc) is 3.23. The van der Waals surface area contributed by atoms with Gasteiger partial charge in [0.15, 0.2) is 0 Å². The Morgan fingerprint density at radius 3 is 2.31 bits per heavy atom. The van der Waals surface area contributed by atoms with Crippen LogP contribution in [0, 0.1) is 11.6 Å². The van der Waals surface area contributed by atoms with Crippen LogP contribution in [-0.2, 0) is 27.0 Å². The Kier molecular flexibility index (Phi) is 13.6. The fraction of sp³-hybridized carbons (Fsp3) is 0.533. The summed E-state index contributed by atoms with van der Waals surface area (Å²) in [4.78, 5) is 26.4. The van der Waals surface area contributed by atoms with Gasteiger partial charge in [-0.25, -0.2) is 22.8 Å². The number of carbonyl (C=O) groups is 2. The summed E-state index contributed by atoms with van der Waals surface area (Å²) >= 11 is 5.85. The van der Waals surface area contributed by atoms with Crippen molar-refractivity contribution in [3.05, 3.63) is 64.2 Å². The molecule has 0 saturated carbocycles. The molecule has 0 amide bonds. The van der Waals surface area contributed by atoms with E-state index in [2.05, 4.69) is 4.90 Å². The van der Waals surface area contributed by atoms with Crippen molar-refractivity contribution < 1.29 is 27.8 Å². The molecule has 3 fully saturated rings. The number of rotatable bonds is 8. The van der Waals surface area contributed by atoms with Gasteiger partial charge in [-0.15, -0.1) is 0 Å². The third kappa shape index (κ3) is 8.95. The predicted octanol–water partition coefficient (Wildman–Crippen LogP) is 4.24. The van der Waals surface area contributed by atoms with Gasteiger partial charge in [-0.1, -0.05) is 30.2 Å². The topological polar surface area (TPSA) is 93.2 Å². The highest BCUT2D eigenvalue weighted by Gasteiger charge is 2.53. The number of hydroxylamine groups is 1. The number of fused-ring (bicyclic) bond motifs is 2. The van der Waals surface area contributed by atoms with E-state index in [1.807, 2.05) is 11.9 Å². The number of halogens is 3. The van der Waals surface area contributed by atoms with Crippen molar-refractivity contribution in [2.45, 2.75) is 61.4 Å². The first-order valence-corrected chi connectivity index (χ1v) is 15.7. The van der Waals surface area contributed by atoms with Gasteiger partial charge < -0.3 is 24.6 Å². The summed E-state index contributed by atoms with van der Waals surface area (Å²) in [7, 11) is 1.53. The van der Waals surface area contributed by atoms with E-state index in [0.717, 1.165) is 43.2 Å². The summed E-state index contributed by atoms with van der Waals surface area (Å²) in [5.41, 5.74) is 1.51. The fourth-order valence-electron chi connectivity index (χ4n) is 5.85. The van der Waals surface area contributed by atoms with Crippen LogP contribution in [-0.4, -0.2) is 94.5 Å². The number of nitrogens with one attached hydrogen (secondary N) is 1. The predicted molar refractivity (Wildman–Crippen MR) is 160 cm³/mol. The number of piperidine rings is 1. The number of hydrogen-bond acceptors (Lipinski definition) is 7. The summed E-state index contributed by atoms with van der Waals surface area (Å²) in [5.74, 6) is -1.49. The molecule has 3 atom stereocenters. The Bertz CT molecular complexity index is 1180. The van der Waals surface area contributed by atoms with Crippen molar-refractivity contribution in [2.24, 2.45) is 0 Å². The molecule has 0 radical (unpaired) electrons. The maximum absolute atomic E-state index is 14.8. The Morgan fingerprint density at radius 1 is 1.12 bits per heavy atom. The highest BCUT2D eigenvalue weighted by atomic mass is 35.5. The summed E-state index contributed by atoms with van der Waals surface area (Å²) < 4.78 is 44.4. The van der Waals surface area contributed by atoms with Gasteiger partial charge in [0.1, 0.15) is 40.7 Å². The van der Waals surface area contributed by atoms with E-state index in [-0.39, 0.29) is 22.9 Å². The van der Waals surface area contributed by atoms with Gasteiger partial charge >= 0.3 is 0 Å². The fourth-order valence-corrected chi connectivity index (χ4v) is 7.58. The van der Waals surface area contributed by atoms with Crippen molar-refractivity contribution >= 4 is 35.2 Å². The van der Waals surface area contributed by atoms with Crippen LogP contribution in [0.25, 0.3) is 0 Å². The minimum absolute atomic E-state index is 0.0440. The number of aldehydes is 2. The van der Waals surface area contributed by atoms with Crippen molar-refractivity contribution in [2.75, 3.05) is 46.8 Å². The molecule has 232 valence electrons. The van der Waals surface area contributed by atoms with Crippen LogP contribution >= 0.6 is 11.6 Å². The lowest BCUT2D eigenvalue weighted by atomic mass is 9.99. The van der Waals surface area contributed by atoms with Crippen LogP contribution in [0.4, 0.5) is 8.78 Å². The molecule has 8 nitrogen and oxygen atoms in total. The Labute approximate surface area is 254 Å². The third-order valence-electron chi connectivity index (χ3n) is 7.77. The van der Waals surface area contributed by atoms with Crippen LogP contribution in [0.3, 0.4) is 0 Å². The molecule has 2 aromatic carbocycles. The molecule has 5 rings (SSSR count). The molecule has 2 N–H and O–H groups in total. The highest BCUT2D eigenvalue weighted by molar-refractivity contribution is 7.82. The molecule has 3 heterocycles. The van der Waals surface area contributed by atoms with Gasteiger partial charge in [-0.3, -0.25) is 0 Å². The van der Waals surface area contributed by atoms with Crippen LogP contribution in [0.1, 0.15) is 49.7 Å². The van der Waals surface area contributed by atoms with Gasteiger partial charge in [0, 0.05) is 56.2 Å². The van der Waals surface area contributed by atoms with Crippen LogP contribution in [0.5, 0.6) is 0 Å². The van der Waals surface area contributed by atoms with E-state index in [1.165, 1.54) is 39.4 Å². The molecule has 3 unspecified atom stereocenters. The lowest BCUT2D eigenvalue weighted by molar-refractivity contribution is -0.117. The SMILES string of the molecule is CN1CC2CCC(C=O)(C1)N2S(=O)c1cc(F)c(Cc2ccc(Cl)cc2)c(F)c1.CNO.O=CCCN1CCCCC1. The van der Waals surface area contributed by atoms with Crippen LogP contribution < -0.4 is 5.48 Å². The lowest BCUT2D eigenvalue weighted by Gasteiger charge is -2.43. The smallest absolute Gasteiger partial charge is 0.142 e. The second-order valence-corrected chi connectivity index (χ2v) is 12.7. The number of piperazine rings is 1. The van der Waals surface area contributed by atoms with Gasteiger partial charge in [-0.05, 0) is 75.6 Å². The largest absolute Gasteiger partial charge is 0.317 e. The number of likely N-dealkylation sites (tertiary alicyclic amines) is 2. The summed E-state index contributed by atoms with van der Waals surface area (Å²) in [6.07, 6.45) is 7.95. The average molecular weight is 627 g/mol. The van der Waals surface area contributed by atoms with Crippen molar-refractivity contribution in [1.82, 2.24) is 19.6 Å². The second kappa shape index (κ2) is 16.7. The van der Waals surface area contributed by atoms with Crippen molar-refractivity contribution in [1.29, 1.82) is 0 Å². The molecule has 3 saturated heterocycles. The number of nitrogens with zero attached hydrogens (tertiary/aromatic N) is 3. The van der Waals surface area contributed by atoms with Gasteiger partial charge in [-0.2, -0.15) is 0 Å². The van der Waals surface area contributed by atoms with Crippen molar-refractivity contribution in [3.63, 3.8) is 0 Å². The number of carbonyl (C=O) groups excluding carboxylic acids is 2. The Morgan fingerprint density at radius 2 is 1.74 bits per heavy atom. The van der Waals surface area contributed by atoms with E-state index in [0.29, 0.717) is 31.0 Å². The first-order chi connectivity index (χ1) is 20.2. The summed E-state index contributed by atoms with van der Waals surface area (Å²) in [6.45, 7) is 4.50. The maximum atomic E-state index is 14.8. The molecule has 0 aromatic heterocycles. The van der Waals surface area contributed by atoms with E-state index in [1.54, 1.807) is 34.1 Å². The summed E-state index contributed by atoms with van der Waals surface area (Å²) in [5, 5.41) is 7.87. The Hall–Kier alpha value is -2.12. The molecule has 12 heteroatoms. The lowest BCUT2D eigenvalue weighted by Crippen LogP contribution is -2.61. The zero-order valence-corrected chi connectivity index (χ0v) is 25.8. The minimum Gasteiger partial charge on any atom is -0.317 e. The zero-order chi connectivity index (χ0) is 30.7.